The van der Waals surface area contributed by atoms with Crippen molar-refractivity contribution in [1.82, 2.24) is 9.78 Å². The molecule has 4 heteroatoms. The highest BCUT2D eigenvalue weighted by molar-refractivity contribution is 5.60. The summed E-state index contributed by atoms with van der Waals surface area (Å²) in [4.78, 5) is 0. The molecule has 1 aliphatic heterocycles. The Hall–Kier alpha value is -1.97. The summed E-state index contributed by atoms with van der Waals surface area (Å²) in [6, 6.07) is 7.99. The highest BCUT2D eigenvalue weighted by Crippen LogP contribution is 2.34. The zero-order chi connectivity index (χ0) is 13.4. The number of ether oxygens (including phenoxy) is 1. The van der Waals surface area contributed by atoms with Crippen molar-refractivity contribution in [2.45, 2.75) is 26.2 Å². The molecule has 0 aliphatic carbocycles. The van der Waals surface area contributed by atoms with E-state index >= 15 is 0 Å². The number of aromatic nitrogens is 2. The fourth-order valence-electron chi connectivity index (χ4n) is 2.64. The molecule has 2 heterocycles. The van der Waals surface area contributed by atoms with Crippen LogP contribution in [0.2, 0.25) is 0 Å². The van der Waals surface area contributed by atoms with Crippen LogP contribution in [0.1, 0.15) is 31.0 Å². The van der Waals surface area contributed by atoms with E-state index < -0.39 is 0 Å². The molecule has 0 spiro atoms. The summed E-state index contributed by atoms with van der Waals surface area (Å²) >= 11 is 0. The van der Waals surface area contributed by atoms with Gasteiger partial charge in [-0.3, -0.25) is 0 Å². The maximum absolute atomic E-state index is 5.44. The molecule has 4 nitrogen and oxygen atoms in total. The Bertz CT molecular complexity index is 601. The largest absolute Gasteiger partial charge is 0.494 e. The van der Waals surface area contributed by atoms with Crippen LogP contribution in [0.25, 0.3) is 5.69 Å². The highest BCUT2D eigenvalue weighted by atomic mass is 16.5. The molecule has 1 aromatic heterocycles. The van der Waals surface area contributed by atoms with Gasteiger partial charge in [0.05, 0.1) is 12.8 Å². The predicted octanol–water partition coefficient (Wildman–Crippen LogP) is 2.97. The molecule has 1 aromatic carbocycles. The molecular weight excluding hydrogens is 238 g/mol. The summed E-state index contributed by atoms with van der Waals surface area (Å²) in [5.74, 6) is 2.40. The van der Waals surface area contributed by atoms with E-state index in [1.807, 2.05) is 28.9 Å². The van der Waals surface area contributed by atoms with Gasteiger partial charge < -0.3 is 10.1 Å². The third-order valence-electron chi connectivity index (χ3n) is 3.54. The van der Waals surface area contributed by atoms with Gasteiger partial charge in [-0.25, -0.2) is 4.68 Å². The molecule has 1 N–H and O–H groups in total. The van der Waals surface area contributed by atoms with Crippen LogP contribution < -0.4 is 10.1 Å². The molecule has 0 saturated heterocycles. The number of benzene rings is 1. The van der Waals surface area contributed by atoms with E-state index in [1.54, 1.807) is 7.11 Å². The van der Waals surface area contributed by atoms with Crippen LogP contribution in [0.5, 0.6) is 5.75 Å². The van der Waals surface area contributed by atoms with Gasteiger partial charge in [0.15, 0.2) is 0 Å². The Morgan fingerprint density at radius 2 is 2.11 bits per heavy atom. The van der Waals surface area contributed by atoms with Gasteiger partial charge in [-0.2, -0.15) is 5.10 Å². The zero-order valence-electron chi connectivity index (χ0n) is 11.6. The molecule has 0 unspecified atom stereocenters. The average Bonchev–Trinajstić information content (AvgIpc) is 2.99. The third-order valence-corrected chi connectivity index (χ3v) is 3.54. The SMILES string of the molecule is COc1ccccc1-n1nc(C(C)C)c2c1NCC2. The number of hydrogen-bond donors (Lipinski definition) is 1. The summed E-state index contributed by atoms with van der Waals surface area (Å²) in [6.07, 6.45) is 1.05. The van der Waals surface area contributed by atoms with Crippen LogP contribution in [0, 0.1) is 0 Å². The number of fused-ring (bicyclic) bond motifs is 1. The topological polar surface area (TPSA) is 39.1 Å². The number of methoxy groups -OCH3 is 1. The number of anilines is 1. The molecule has 0 amide bonds. The number of nitrogens with zero attached hydrogens (tertiary/aromatic N) is 2. The second-order valence-corrected chi connectivity index (χ2v) is 5.13. The van der Waals surface area contributed by atoms with Crippen molar-refractivity contribution in [3.8, 4) is 11.4 Å². The molecule has 0 radical (unpaired) electrons. The lowest BCUT2D eigenvalue weighted by Crippen LogP contribution is -2.06. The van der Waals surface area contributed by atoms with Crippen molar-refractivity contribution in [3.05, 3.63) is 35.5 Å². The predicted molar refractivity (Wildman–Crippen MR) is 76.4 cm³/mol. The normalized spacial score (nSPS) is 13.5. The van der Waals surface area contributed by atoms with Crippen molar-refractivity contribution in [2.24, 2.45) is 0 Å². The Labute approximate surface area is 113 Å². The van der Waals surface area contributed by atoms with Crippen molar-refractivity contribution in [2.75, 3.05) is 19.0 Å². The smallest absolute Gasteiger partial charge is 0.144 e. The van der Waals surface area contributed by atoms with E-state index in [4.69, 9.17) is 9.84 Å². The van der Waals surface area contributed by atoms with Gasteiger partial charge in [0, 0.05) is 12.1 Å². The zero-order valence-corrected chi connectivity index (χ0v) is 11.6. The Kier molecular flexibility index (Phi) is 2.93. The van der Waals surface area contributed by atoms with Gasteiger partial charge in [0.2, 0.25) is 0 Å². The lowest BCUT2D eigenvalue weighted by Gasteiger charge is -2.10. The maximum atomic E-state index is 5.44. The molecule has 1 aliphatic rings. The molecule has 0 fully saturated rings. The summed E-state index contributed by atoms with van der Waals surface area (Å²) in [5.41, 5.74) is 3.52. The summed E-state index contributed by atoms with van der Waals surface area (Å²) < 4.78 is 7.42. The van der Waals surface area contributed by atoms with Crippen LogP contribution in [0.15, 0.2) is 24.3 Å². The minimum atomic E-state index is 0.435. The van der Waals surface area contributed by atoms with E-state index in [0.29, 0.717) is 5.92 Å². The van der Waals surface area contributed by atoms with E-state index in [0.717, 1.165) is 30.2 Å². The first-order chi connectivity index (χ1) is 9.22. The Balaban J connectivity index is 2.18. The van der Waals surface area contributed by atoms with Crippen LogP contribution in [-0.2, 0) is 6.42 Å². The second kappa shape index (κ2) is 4.61. The third kappa shape index (κ3) is 1.87. The van der Waals surface area contributed by atoms with Crippen molar-refractivity contribution < 1.29 is 4.74 Å². The minimum absolute atomic E-state index is 0.435. The van der Waals surface area contributed by atoms with Gasteiger partial charge in [0.1, 0.15) is 17.3 Å². The van der Waals surface area contributed by atoms with Gasteiger partial charge in [-0.05, 0) is 24.5 Å². The number of para-hydroxylation sites is 2. The van der Waals surface area contributed by atoms with E-state index in [9.17, 15) is 0 Å². The van der Waals surface area contributed by atoms with Gasteiger partial charge in [-0.1, -0.05) is 26.0 Å². The number of nitrogens with one attached hydrogen (secondary N) is 1. The van der Waals surface area contributed by atoms with Gasteiger partial charge >= 0.3 is 0 Å². The molecule has 0 bridgehead atoms. The summed E-state index contributed by atoms with van der Waals surface area (Å²) in [6.45, 7) is 5.36. The Morgan fingerprint density at radius 1 is 1.32 bits per heavy atom. The maximum Gasteiger partial charge on any atom is 0.144 e. The van der Waals surface area contributed by atoms with Crippen LogP contribution >= 0.6 is 0 Å². The Morgan fingerprint density at radius 3 is 2.84 bits per heavy atom. The van der Waals surface area contributed by atoms with Crippen LogP contribution in [0.4, 0.5) is 5.82 Å². The fraction of sp³-hybridized carbons (Fsp3) is 0.400. The van der Waals surface area contributed by atoms with Gasteiger partial charge in [0.25, 0.3) is 0 Å². The molecule has 3 rings (SSSR count). The first kappa shape index (κ1) is 12.1. The highest BCUT2D eigenvalue weighted by Gasteiger charge is 2.25. The quantitative estimate of drug-likeness (QED) is 0.918. The number of rotatable bonds is 3. The molecule has 0 atom stereocenters. The van der Waals surface area contributed by atoms with Crippen molar-refractivity contribution in [3.63, 3.8) is 0 Å². The molecule has 19 heavy (non-hydrogen) atoms. The van der Waals surface area contributed by atoms with Gasteiger partial charge in [-0.15, -0.1) is 0 Å². The van der Waals surface area contributed by atoms with Crippen molar-refractivity contribution >= 4 is 5.82 Å². The van der Waals surface area contributed by atoms with Crippen molar-refractivity contribution in [1.29, 1.82) is 0 Å². The summed E-state index contributed by atoms with van der Waals surface area (Å²) in [7, 11) is 1.69. The fourth-order valence-corrected chi connectivity index (χ4v) is 2.64. The second-order valence-electron chi connectivity index (χ2n) is 5.13. The lowest BCUT2D eigenvalue weighted by molar-refractivity contribution is 0.412. The average molecular weight is 257 g/mol. The first-order valence-corrected chi connectivity index (χ1v) is 6.71. The minimum Gasteiger partial charge on any atom is -0.494 e. The number of hydrogen-bond acceptors (Lipinski definition) is 3. The lowest BCUT2D eigenvalue weighted by atomic mass is 10.1. The van der Waals surface area contributed by atoms with E-state index in [2.05, 4.69) is 19.2 Å². The van der Waals surface area contributed by atoms with Crippen LogP contribution in [0.3, 0.4) is 0 Å². The van der Waals surface area contributed by atoms with E-state index in [1.165, 1.54) is 11.3 Å². The van der Waals surface area contributed by atoms with Crippen LogP contribution in [-0.4, -0.2) is 23.4 Å². The standard InChI is InChI=1S/C15H19N3O/c1-10(2)14-11-8-9-16-15(11)18(17-14)12-6-4-5-7-13(12)19-3/h4-7,10,16H,8-9H2,1-3H3. The molecular formula is C15H19N3O. The molecule has 2 aromatic rings. The van der Waals surface area contributed by atoms with E-state index in [-0.39, 0.29) is 0 Å². The molecule has 100 valence electrons. The molecule has 0 saturated carbocycles. The summed E-state index contributed by atoms with van der Waals surface area (Å²) in [5, 5.41) is 8.22. The monoisotopic (exact) mass is 257 g/mol. The first-order valence-electron chi connectivity index (χ1n) is 6.71.